The fraction of sp³-hybridized carbons (Fsp3) is 0.875. The van der Waals surface area contributed by atoms with E-state index in [0.29, 0.717) is 6.42 Å². The van der Waals surface area contributed by atoms with E-state index in [1.165, 1.54) is 0 Å². The van der Waals surface area contributed by atoms with Gasteiger partial charge in [-0.3, -0.25) is 4.79 Å². The number of amides is 1. The average Bonchev–Trinajstić information content (AvgIpc) is 2.43. The highest BCUT2D eigenvalue weighted by Crippen LogP contribution is 2.26. The van der Waals surface area contributed by atoms with E-state index in [0.717, 1.165) is 4.90 Å². The number of nitrogens with two attached hydrogens (primary N) is 1. The van der Waals surface area contributed by atoms with Crippen LogP contribution < -0.4 is 5.73 Å². The zero-order valence-electron chi connectivity index (χ0n) is 7.59. The highest BCUT2D eigenvalue weighted by atomic mass is 19.3. The molecule has 0 aromatic rings. The summed E-state index contributed by atoms with van der Waals surface area (Å²) in [5.74, 6) is -3.08. The Labute approximate surface area is 75.9 Å². The van der Waals surface area contributed by atoms with Gasteiger partial charge in [0.15, 0.2) is 0 Å². The van der Waals surface area contributed by atoms with Gasteiger partial charge >= 0.3 is 0 Å². The molecule has 1 atom stereocenters. The largest absolute Gasteiger partial charge is 0.335 e. The van der Waals surface area contributed by atoms with Gasteiger partial charge in [-0.25, -0.2) is 8.78 Å². The Morgan fingerprint density at radius 1 is 1.69 bits per heavy atom. The van der Waals surface area contributed by atoms with E-state index in [-0.39, 0.29) is 18.9 Å². The van der Waals surface area contributed by atoms with Crippen molar-refractivity contribution in [2.75, 3.05) is 13.1 Å². The molecular formula is C8H14F2N2O. The van der Waals surface area contributed by atoms with Crippen LogP contribution in [0.1, 0.15) is 19.8 Å². The number of carbonyl (C=O) groups excluding carboxylic acids is 1. The third-order valence-corrected chi connectivity index (χ3v) is 2.24. The highest BCUT2D eigenvalue weighted by Gasteiger charge is 2.40. The Kier molecular flexibility index (Phi) is 2.85. The molecular weight excluding hydrogens is 178 g/mol. The van der Waals surface area contributed by atoms with Crippen LogP contribution in [0.25, 0.3) is 0 Å². The van der Waals surface area contributed by atoms with E-state index in [1.54, 1.807) is 6.92 Å². The van der Waals surface area contributed by atoms with Gasteiger partial charge < -0.3 is 10.6 Å². The molecule has 1 fully saturated rings. The maximum Gasteiger partial charge on any atom is 0.267 e. The third-order valence-electron chi connectivity index (χ3n) is 2.24. The molecule has 0 aromatic heterocycles. The topological polar surface area (TPSA) is 46.3 Å². The number of hydrogen-bond acceptors (Lipinski definition) is 2. The lowest BCUT2D eigenvalue weighted by atomic mass is 10.2. The normalized spacial score (nSPS) is 23.2. The molecule has 0 spiro atoms. The van der Waals surface area contributed by atoms with E-state index >= 15 is 0 Å². The van der Waals surface area contributed by atoms with Crippen molar-refractivity contribution in [3.05, 3.63) is 0 Å². The van der Waals surface area contributed by atoms with Gasteiger partial charge in [-0.05, 0) is 6.42 Å². The standard InChI is InChI=1S/C8H14F2N2O/c1-2-6(11)7(13)12-4-3-8(9,10)5-12/h6H,2-5,11H2,1H3/t6-/m1/s1. The number of rotatable bonds is 2. The van der Waals surface area contributed by atoms with E-state index in [1.807, 2.05) is 0 Å². The average molecular weight is 192 g/mol. The first kappa shape index (κ1) is 10.4. The van der Waals surface area contributed by atoms with Gasteiger partial charge in [0, 0.05) is 13.0 Å². The molecule has 1 rings (SSSR count). The third kappa shape index (κ3) is 2.37. The van der Waals surface area contributed by atoms with Crippen LogP contribution in [0.2, 0.25) is 0 Å². The summed E-state index contributed by atoms with van der Waals surface area (Å²) in [6, 6.07) is -0.631. The predicted molar refractivity (Wildman–Crippen MR) is 44.4 cm³/mol. The second kappa shape index (κ2) is 3.57. The van der Waals surface area contributed by atoms with Crippen LogP contribution in [0.4, 0.5) is 8.78 Å². The van der Waals surface area contributed by atoms with E-state index in [9.17, 15) is 13.6 Å². The summed E-state index contributed by atoms with van der Waals surface area (Å²) in [4.78, 5) is 12.5. The zero-order valence-corrected chi connectivity index (χ0v) is 7.59. The molecule has 2 N–H and O–H groups in total. The van der Waals surface area contributed by atoms with Crippen molar-refractivity contribution in [1.82, 2.24) is 4.90 Å². The van der Waals surface area contributed by atoms with Gasteiger partial charge in [0.1, 0.15) is 0 Å². The molecule has 0 bridgehead atoms. The molecule has 0 aliphatic carbocycles. The van der Waals surface area contributed by atoms with E-state index in [4.69, 9.17) is 5.73 Å². The summed E-state index contributed by atoms with van der Waals surface area (Å²) in [5.41, 5.74) is 5.45. The van der Waals surface area contributed by atoms with Crippen molar-refractivity contribution in [1.29, 1.82) is 0 Å². The van der Waals surface area contributed by atoms with Crippen LogP contribution in [-0.4, -0.2) is 35.9 Å². The number of nitrogens with zero attached hydrogens (tertiary/aromatic N) is 1. The van der Waals surface area contributed by atoms with Crippen molar-refractivity contribution in [2.45, 2.75) is 31.7 Å². The Morgan fingerprint density at radius 3 is 2.69 bits per heavy atom. The Morgan fingerprint density at radius 2 is 2.31 bits per heavy atom. The highest BCUT2D eigenvalue weighted by molar-refractivity contribution is 5.81. The molecule has 1 saturated heterocycles. The second-order valence-corrected chi connectivity index (χ2v) is 3.38. The van der Waals surface area contributed by atoms with Crippen LogP contribution in [0.5, 0.6) is 0 Å². The summed E-state index contributed by atoms with van der Waals surface area (Å²) < 4.78 is 25.4. The van der Waals surface area contributed by atoms with E-state index in [2.05, 4.69) is 0 Å². The Balaban J connectivity index is 2.51. The number of alkyl halides is 2. The van der Waals surface area contributed by atoms with Crippen molar-refractivity contribution in [3.8, 4) is 0 Å². The lowest BCUT2D eigenvalue weighted by Gasteiger charge is -2.19. The smallest absolute Gasteiger partial charge is 0.267 e. The zero-order chi connectivity index (χ0) is 10.1. The first-order valence-corrected chi connectivity index (χ1v) is 4.38. The quantitative estimate of drug-likeness (QED) is 0.696. The molecule has 13 heavy (non-hydrogen) atoms. The molecule has 3 nitrogen and oxygen atoms in total. The lowest BCUT2D eigenvalue weighted by molar-refractivity contribution is -0.133. The van der Waals surface area contributed by atoms with Crippen molar-refractivity contribution in [3.63, 3.8) is 0 Å². The Hall–Kier alpha value is -0.710. The van der Waals surface area contributed by atoms with Gasteiger partial charge in [-0.2, -0.15) is 0 Å². The summed E-state index contributed by atoms with van der Waals surface area (Å²) in [7, 11) is 0. The number of carbonyl (C=O) groups is 1. The van der Waals surface area contributed by atoms with E-state index < -0.39 is 18.5 Å². The molecule has 1 aliphatic heterocycles. The molecule has 0 unspecified atom stereocenters. The monoisotopic (exact) mass is 192 g/mol. The molecule has 1 amide bonds. The van der Waals surface area contributed by atoms with Gasteiger partial charge in [0.25, 0.3) is 5.92 Å². The number of hydrogen-bond donors (Lipinski definition) is 1. The molecule has 1 aliphatic rings. The van der Waals surface area contributed by atoms with Crippen LogP contribution >= 0.6 is 0 Å². The van der Waals surface area contributed by atoms with Crippen molar-refractivity contribution >= 4 is 5.91 Å². The molecule has 76 valence electrons. The number of likely N-dealkylation sites (tertiary alicyclic amines) is 1. The minimum Gasteiger partial charge on any atom is -0.335 e. The van der Waals surface area contributed by atoms with Gasteiger partial charge in [0.05, 0.1) is 12.6 Å². The van der Waals surface area contributed by atoms with Crippen LogP contribution in [-0.2, 0) is 4.79 Å². The summed E-state index contributed by atoms with van der Waals surface area (Å²) in [5, 5.41) is 0. The van der Waals surface area contributed by atoms with Gasteiger partial charge in [-0.1, -0.05) is 6.92 Å². The van der Waals surface area contributed by atoms with Crippen molar-refractivity contribution in [2.24, 2.45) is 5.73 Å². The van der Waals surface area contributed by atoms with Crippen LogP contribution in [0.15, 0.2) is 0 Å². The molecule has 0 aromatic carbocycles. The van der Waals surface area contributed by atoms with Crippen LogP contribution in [0, 0.1) is 0 Å². The Bertz CT molecular complexity index is 208. The fourth-order valence-corrected chi connectivity index (χ4v) is 1.33. The maximum atomic E-state index is 12.7. The fourth-order valence-electron chi connectivity index (χ4n) is 1.33. The molecule has 0 saturated carbocycles. The summed E-state index contributed by atoms with van der Waals surface area (Å²) >= 11 is 0. The van der Waals surface area contributed by atoms with Gasteiger partial charge in [0.2, 0.25) is 5.91 Å². The van der Waals surface area contributed by atoms with Crippen molar-refractivity contribution < 1.29 is 13.6 Å². The minimum atomic E-state index is -2.72. The SMILES string of the molecule is CC[C@@H](N)C(=O)N1CCC(F)(F)C1. The minimum absolute atomic E-state index is 0.125. The van der Waals surface area contributed by atoms with Gasteiger partial charge in [-0.15, -0.1) is 0 Å². The molecule has 1 heterocycles. The second-order valence-electron chi connectivity index (χ2n) is 3.38. The number of halogens is 2. The first-order chi connectivity index (χ1) is 5.96. The maximum absolute atomic E-state index is 12.7. The first-order valence-electron chi connectivity index (χ1n) is 4.38. The predicted octanol–water partition coefficient (Wildman–Crippen LogP) is 0.591. The van der Waals surface area contributed by atoms with Crippen LogP contribution in [0.3, 0.4) is 0 Å². The summed E-state index contributed by atoms with van der Waals surface area (Å²) in [6.45, 7) is 1.41. The molecule has 5 heteroatoms. The summed E-state index contributed by atoms with van der Waals surface area (Å²) in [6.07, 6.45) is 0.246. The molecule has 0 radical (unpaired) electrons. The lowest BCUT2D eigenvalue weighted by Crippen LogP contribution is -2.43.